The molecule has 3 heterocycles. The van der Waals surface area contributed by atoms with E-state index in [1.165, 1.54) is 93.9 Å². The first kappa shape index (κ1) is 50.0. The van der Waals surface area contributed by atoms with Gasteiger partial charge in [0.1, 0.15) is 0 Å². The van der Waals surface area contributed by atoms with Crippen LogP contribution in [0.3, 0.4) is 0 Å². The number of aromatic nitrogens is 5. The second-order valence-electron chi connectivity index (χ2n) is 22.7. The maximum absolute atomic E-state index is 5.11. The van der Waals surface area contributed by atoms with Crippen LogP contribution in [0, 0.1) is 0 Å². The van der Waals surface area contributed by atoms with E-state index in [2.05, 4.69) is 288 Å². The van der Waals surface area contributed by atoms with E-state index in [4.69, 9.17) is 15.0 Å². The number of fused-ring (bicyclic) bond motifs is 9. The highest BCUT2D eigenvalue weighted by Gasteiger charge is 2.32. The van der Waals surface area contributed by atoms with E-state index < -0.39 is 0 Å². The molecule has 16 aromatic rings. The Kier molecular flexibility index (Phi) is 11.9. The highest BCUT2D eigenvalue weighted by molar-refractivity contribution is 6.13. The Morgan fingerprint density at radius 3 is 0.782 bits per heavy atom. The van der Waals surface area contributed by atoms with Crippen LogP contribution in [-0.2, 0) is 0 Å². The summed E-state index contributed by atoms with van der Waals surface area (Å²) in [6, 6.07) is 114. The molecule has 3 aromatic heterocycles. The van der Waals surface area contributed by atoms with Gasteiger partial charge in [-0.1, -0.05) is 243 Å². The molecule has 0 bridgehead atoms. The molecule has 17 rings (SSSR count). The Hall–Kier alpha value is -11.5. The summed E-state index contributed by atoms with van der Waals surface area (Å²) in [5, 5.41) is 4.86. The van der Waals surface area contributed by atoms with Gasteiger partial charge in [-0.2, -0.15) is 0 Å². The van der Waals surface area contributed by atoms with Crippen molar-refractivity contribution in [3.63, 3.8) is 0 Å². The average Bonchev–Trinajstić information content (AvgIpc) is 1.74. The van der Waals surface area contributed by atoms with E-state index in [9.17, 15) is 0 Å². The van der Waals surface area contributed by atoms with Gasteiger partial charge in [0.15, 0.2) is 17.5 Å². The number of rotatable bonds is 10. The molecule has 1 aliphatic carbocycles. The van der Waals surface area contributed by atoms with Gasteiger partial charge in [0, 0.05) is 55.5 Å². The van der Waals surface area contributed by atoms with Crippen molar-refractivity contribution in [3.8, 4) is 101 Å². The van der Waals surface area contributed by atoms with E-state index in [0.29, 0.717) is 17.5 Å². The Morgan fingerprint density at radius 2 is 0.483 bits per heavy atom. The molecule has 5 nitrogen and oxygen atoms in total. The van der Waals surface area contributed by atoms with Crippen molar-refractivity contribution in [2.75, 3.05) is 0 Å². The van der Waals surface area contributed by atoms with Gasteiger partial charge < -0.3 is 9.13 Å². The number of hydrogen-bond donors (Lipinski definition) is 0. The molecule has 0 N–H and O–H groups in total. The minimum atomic E-state index is -0.0507. The van der Waals surface area contributed by atoms with Gasteiger partial charge in [-0.3, -0.25) is 0 Å². The Morgan fingerprint density at radius 1 is 0.218 bits per heavy atom. The molecule has 5 heteroatoms. The van der Waals surface area contributed by atoms with Crippen LogP contribution in [0.4, 0.5) is 0 Å². The van der Waals surface area contributed by atoms with E-state index in [-0.39, 0.29) is 5.92 Å². The highest BCUT2D eigenvalue weighted by Crippen LogP contribution is 2.51. The lowest BCUT2D eigenvalue weighted by Gasteiger charge is -2.16. The molecule has 0 aliphatic heterocycles. The fourth-order valence-electron chi connectivity index (χ4n) is 13.5. The predicted molar refractivity (Wildman–Crippen MR) is 359 cm³/mol. The third-order valence-electron chi connectivity index (χ3n) is 17.7. The minimum Gasteiger partial charge on any atom is -0.309 e. The van der Waals surface area contributed by atoms with Crippen LogP contribution in [0.1, 0.15) is 22.6 Å². The maximum atomic E-state index is 5.11. The molecule has 406 valence electrons. The van der Waals surface area contributed by atoms with Crippen LogP contribution in [-0.4, -0.2) is 24.1 Å². The van der Waals surface area contributed by atoms with Crippen LogP contribution in [0.5, 0.6) is 0 Å². The van der Waals surface area contributed by atoms with Crippen molar-refractivity contribution in [2.45, 2.75) is 5.92 Å². The minimum absolute atomic E-state index is 0.0507. The van der Waals surface area contributed by atoms with Gasteiger partial charge in [-0.15, -0.1) is 0 Å². The van der Waals surface area contributed by atoms with Crippen LogP contribution >= 0.6 is 0 Å². The van der Waals surface area contributed by atoms with Crippen LogP contribution < -0.4 is 0 Å². The lowest BCUT2D eigenvalue weighted by Crippen LogP contribution is -2.02. The van der Waals surface area contributed by atoms with Gasteiger partial charge in [-0.25, -0.2) is 15.0 Å². The van der Waals surface area contributed by atoms with E-state index in [0.717, 1.165) is 50.1 Å². The van der Waals surface area contributed by atoms with Crippen molar-refractivity contribution in [1.29, 1.82) is 0 Å². The van der Waals surface area contributed by atoms with Crippen LogP contribution in [0.25, 0.3) is 145 Å². The maximum Gasteiger partial charge on any atom is 0.164 e. The summed E-state index contributed by atoms with van der Waals surface area (Å²) in [5.74, 6) is 1.86. The Balaban J connectivity index is 0.855. The van der Waals surface area contributed by atoms with Gasteiger partial charge in [-0.05, 0) is 145 Å². The monoisotopic (exact) mass is 1110 g/mol. The van der Waals surface area contributed by atoms with Crippen molar-refractivity contribution in [3.05, 3.63) is 332 Å². The number of nitrogens with zero attached hydrogens (tertiary/aromatic N) is 5. The standard InChI is InChI=1S/C82H53N5/c1-7-19-53(20-8-1)61-35-43-75-71(47-61)72-48-62(54-21-9-2-10-22-54)36-44-76(72)86(75)65-39-41-67-69(51-65)70-52-66(87-77-45-37-63(55-23-11-3-12-24-55)49-73(77)74-50-64(38-46-78(74)87)56-25-13-4-14-26-56)40-42-68(70)79(67)57-31-33-60(34-32-57)82-84-80(58-27-15-5-16-28-58)83-81(85-82)59-29-17-6-18-30-59/h1-52,79H. The summed E-state index contributed by atoms with van der Waals surface area (Å²) >= 11 is 0. The normalized spacial score (nSPS) is 12.1. The van der Waals surface area contributed by atoms with E-state index in [1.807, 2.05) is 36.4 Å². The molecule has 87 heavy (non-hydrogen) atoms. The number of hydrogen-bond acceptors (Lipinski definition) is 3. The van der Waals surface area contributed by atoms with E-state index in [1.54, 1.807) is 0 Å². The Bertz CT molecular complexity index is 4790. The average molecular weight is 1110 g/mol. The first-order chi connectivity index (χ1) is 43.1. The fourth-order valence-corrected chi connectivity index (χ4v) is 13.5. The number of benzene rings is 13. The van der Waals surface area contributed by atoms with Gasteiger partial charge in [0.25, 0.3) is 0 Å². The lowest BCUT2D eigenvalue weighted by atomic mass is 9.88. The first-order valence-electron chi connectivity index (χ1n) is 29.8. The lowest BCUT2D eigenvalue weighted by molar-refractivity contribution is 1.01. The molecule has 0 atom stereocenters. The van der Waals surface area contributed by atoms with E-state index >= 15 is 0 Å². The second kappa shape index (κ2) is 20.7. The van der Waals surface area contributed by atoms with Crippen LogP contribution in [0.15, 0.2) is 315 Å². The molecule has 0 saturated heterocycles. The molecule has 0 spiro atoms. The summed E-state index contributed by atoms with van der Waals surface area (Å²) < 4.78 is 4.95. The molecule has 0 amide bonds. The largest absolute Gasteiger partial charge is 0.309 e. The molecule has 0 radical (unpaired) electrons. The topological polar surface area (TPSA) is 48.5 Å². The summed E-state index contributed by atoms with van der Waals surface area (Å²) in [6.45, 7) is 0. The van der Waals surface area contributed by atoms with Crippen LogP contribution in [0.2, 0.25) is 0 Å². The molecule has 13 aromatic carbocycles. The quantitative estimate of drug-likeness (QED) is 0.137. The second-order valence-corrected chi connectivity index (χ2v) is 22.7. The Labute approximate surface area is 504 Å². The van der Waals surface area contributed by atoms with Crippen molar-refractivity contribution < 1.29 is 0 Å². The predicted octanol–water partition coefficient (Wildman–Crippen LogP) is 20.9. The van der Waals surface area contributed by atoms with Crippen molar-refractivity contribution in [2.24, 2.45) is 0 Å². The van der Waals surface area contributed by atoms with Gasteiger partial charge in [0.05, 0.1) is 22.1 Å². The SMILES string of the molecule is c1ccc(-c2ccc3c(c2)c2cc(-c4ccccc4)ccc2n3-c2ccc3c(c2)-c2cc(-n4c5ccc(-c6ccccc6)cc5c5cc(-c6ccccc6)ccc54)ccc2C3c2ccc(-c3nc(-c4ccccc4)nc(-c4ccccc4)n3)cc2)cc1. The first-order valence-corrected chi connectivity index (χ1v) is 29.8. The fraction of sp³-hybridized carbons (Fsp3) is 0.0122. The zero-order valence-electron chi connectivity index (χ0n) is 47.3. The molecular weight excluding hydrogens is 1050 g/mol. The summed E-state index contributed by atoms with van der Waals surface area (Å²) in [5.41, 5.74) is 25.4. The van der Waals surface area contributed by atoms with Gasteiger partial charge >= 0.3 is 0 Å². The summed E-state index contributed by atoms with van der Waals surface area (Å²) in [4.78, 5) is 15.2. The molecule has 1 aliphatic rings. The molecule has 0 fully saturated rings. The third kappa shape index (κ3) is 8.66. The smallest absolute Gasteiger partial charge is 0.164 e. The third-order valence-corrected chi connectivity index (χ3v) is 17.7. The summed E-state index contributed by atoms with van der Waals surface area (Å²) in [7, 11) is 0. The molecule has 0 unspecified atom stereocenters. The summed E-state index contributed by atoms with van der Waals surface area (Å²) in [6.07, 6.45) is 0. The molecular formula is C82H53N5. The van der Waals surface area contributed by atoms with Crippen molar-refractivity contribution in [1.82, 2.24) is 24.1 Å². The zero-order chi connectivity index (χ0) is 57.4. The highest BCUT2D eigenvalue weighted by atomic mass is 15.0. The van der Waals surface area contributed by atoms with Gasteiger partial charge in [0.2, 0.25) is 0 Å². The van der Waals surface area contributed by atoms with Crippen molar-refractivity contribution >= 4 is 43.6 Å². The molecule has 0 saturated carbocycles. The zero-order valence-corrected chi connectivity index (χ0v) is 47.3.